The van der Waals surface area contributed by atoms with Crippen LogP contribution in [0, 0.1) is 10.1 Å². The fourth-order valence-electron chi connectivity index (χ4n) is 1.18. The van der Waals surface area contributed by atoms with Gasteiger partial charge in [-0.3, -0.25) is 14.3 Å². The first kappa shape index (κ1) is 12.6. The molecule has 0 aliphatic rings. The normalized spacial score (nSPS) is 12.1. The molecule has 0 aliphatic heterocycles. The molecule has 88 valence electrons. The van der Waals surface area contributed by atoms with E-state index in [-0.39, 0.29) is 5.69 Å². The Labute approximate surface area is 96.5 Å². The third-order valence-corrected chi connectivity index (χ3v) is 3.34. The minimum Gasteiger partial charge on any atom is -0.384 e. The topological polar surface area (TPSA) is 72.2 Å². The van der Waals surface area contributed by atoms with Crippen molar-refractivity contribution in [1.82, 2.24) is 0 Å². The molecule has 0 fully saturated rings. The van der Waals surface area contributed by atoms with Crippen molar-refractivity contribution >= 4 is 22.2 Å². The number of nitro groups is 1. The highest BCUT2D eigenvalue weighted by Crippen LogP contribution is 2.16. The lowest BCUT2D eigenvalue weighted by Gasteiger charge is -2.05. The largest absolute Gasteiger partial charge is 0.384 e. The van der Waals surface area contributed by atoms with Gasteiger partial charge in [0.1, 0.15) is 0 Å². The molecule has 1 N–H and O–H groups in total. The highest BCUT2D eigenvalue weighted by molar-refractivity contribution is 7.84. The second-order valence-electron chi connectivity index (χ2n) is 3.17. The molecule has 0 spiro atoms. The second kappa shape index (κ2) is 6.22. The minimum absolute atomic E-state index is 0.0570. The number of non-ortho nitro benzene ring substituents is 1. The van der Waals surface area contributed by atoms with Crippen molar-refractivity contribution < 1.29 is 9.13 Å². The van der Waals surface area contributed by atoms with Crippen LogP contribution in [0.4, 0.5) is 11.4 Å². The van der Waals surface area contributed by atoms with E-state index in [2.05, 4.69) is 5.32 Å². The van der Waals surface area contributed by atoms with Crippen molar-refractivity contribution in [3.63, 3.8) is 0 Å². The van der Waals surface area contributed by atoms with Crippen molar-refractivity contribution in [1.29, 1.82) is 0 Å². The summed E-state index contributed by atoms with van der Waals surface area (Å²) in [7, 11) is -0.811. The Bertz CT molecular complexity index is 395. The number of rotatable bonds is 6. The van der Waals surface area contributed by atoms with Gasteiger partial charge in [0.2, 0.25) is 0 Å². The van der Waals surface area contributed by atoms with Gasteiger partial charge in [0.05, 0.1) is 4.92 Å². The van der Waals surface area contributed by atoms with Crippen molar-refractivity contribution in [3.05, 3.63) is 34.4 Å². The van der Waals surface area contributed by atoms with E-state index in [0.717, 1.165) is 0 Å². The van der Waals surface area contributed by atoms with Crippen LogP contribution >= 0.6 is 0 Å². The molecule has 6 heteroatoms. The maximum atomic E-state index is 11.1. The second-order valence-corrected chi connectivity index (χ2v) is 5.03. The summed E-state index contributed by atoms with van der Waals surface area (Å²) >= 11 is 0. The van der Waals surface area contributed by atoms with Gasteiger partial charge in [0.15, 0.2) is 0 Å². The van der Waals surface area contributed by atoms with Gasteiger partial charge in [-0.05, 0) is 6.07 Å². The number of anilines is 1. The Balaban J connectivity index is 2.51. The number of hydrogen-bond acceptors (Lipinski definition) is 4. The van der Waals surface area contributed by atoms with Crippen LogP contribution in [-0.2, 0) is 10.8 Å². The van der Waals surface area contributed by atoms with E-state index in [1.54, 1.807) is 12.1 Å². The van der Waals surface area contributed by atoms with E-state index in [1.807, 2.05) is 6.92 Å². The lowest BCUT2D eigenvalue weighted by Crippen LogP contribution is -2.11. The van der Waals surface area contributed by atoms with Crippen LogP contribution in [-0.4, -0.2) is 27.2 Å². The minimum atomic E-state index is -0.811. The van der Waals surface area contributed by atoms with E-state index in [4.69, 9.17) is 0 Å². The van der Waals surface area contributed by atoms with Crippen molar-refractivity contribution in [2.75, 3.05) is 23.4 Å². The zero-order valence-electron chi connectivity index (χ0n) is 9.01. The smallest absolute Gasteiger partial charge is 0.271 e. The summed E-state index contributed by atoms with van der Waals surface area (Å²) in [5.41, 5.74) is 0.740. The Kier molecular flexibility index (Phi) is 4.91. The molecule has 0 saturated heterocycles. The number of hydrogen-bond donors (Lipinski definition) is 1. The highest BCUT2D eigenvalue weighted by Gasteiger charge is 2.05. The molecule has 1 aromatic carbocycles. The highest BCUT2D eigenvalue weighted by atomic mass is 32.2. The average molecular weight is 242 g/mol. The summed E-state index contributed by atoms with van der Waals surface area (Å²) in [6.07, 6.45) is 0. The van der Waals surface area contributed by atoms with Gasteiger partial charge >= 0.3 is 0 Å². The number of nitrogens with one attached hydrogen (secondary N) is 1. The van der Waals surface area contributed by atoms with Gasteiger partial charge in [0.25, 0.3) is 5.69 Å². The summed E-state index contributed by atoms with van der Waals surface area (Å²) in [5.74, 6) is 1.19. The van der Waals surface area contributed by atoms with Crippen LogP contribution in [0.25, 0.3) is 0 Å². The monoisotopic (exact) mass is 242 g/mol. The van der Waals surface area contributed by atoms with Crippen LogP contribution in [0.15, 0.2) is 24.3 Å². The van der Waals surface area contributed by atoms with E-state index in [9.17, 15) is 14.3 Å². The van der Waals surface area contributed by atoms with E-state index in [0.29, 0.717) is 23.7 Å². The molecule has 0 saturated carbocycles. The molecule has 1 aromatic rings. The Hall–Kier alpha value is -1.43. The molecule has 1 unspecified atom stereocenters. The van der Waals surface area contributed by atoms with Crippen molar-refractivity contribution in [2.24, 2.45) is 0 Å². The van der Waals surface area contributed by atoms with Crippen molar-refractivity contribution in [2.45, 2.75) is 6.92 Å². The van der Waals surface area contributed by atoms with Crippen LogP contribution in [0.3, 0.4) is 0 Å². The summed E-state index contributed by atoms with van der Waals surface area (Å²) in [4.78, 5) is 10.1. The lowest BCUT2D eigenvalue weighted by molar-refractivity contribution is -0.384. The van der Waals surface area contributed by atoms with Crippen LogP contribution in [0.2, 0.25) is 0 Å². The molecule has 5 nitrogen and oxygen atoms in total. The van der Waals surface area contributed by atoms with Crippen LogP contribution in [0.5, 0.6) is 0 Å². The van der Waals surface area contributed by atoms with Crippen LogP contribution in [0.1, 0.15) is 6.92 Å². The van der Waals surface area contributed by atoms with Gasteiger partial charge in [-0.25, -0.2) is 0 Å². The standard InChI is InChI=1S/C10H14N2O3S/c1-2-16(15)7-6-11-9-4-3-5-10(8-9)12(13)14/h3-5,8,11H,2,6-7H2,1H3. The predicted octanol–water partition coefficient (Wildman–Crippen LogP) is 1.78. The Morgan fingerprint density at radius 3 is 2.88 bits per heavy atom. The maximum absolute atomic E-state index is 11.1. The van der Waals surface area contributed by atoms with Gasteiger partial charge in [-0.15, -0.1) is 0 Å². The molecule has 0 amide bonds. The van der Waals surface area contributed by atoms with Gasteiger partial charge in [-0.1, -0.05) is 13.0 Å². The lowest BCUT2D eigenvalue weighted by atomic mass is 10.3. The fraction of sp³-hybridized carbons (Fsp3) is 0.400. The van der Waals surface area contributed by atoms with Crippen molar-refractivity contribution in [3.8, 4) is 0 Å². The molecule has 0 aliphatic carbocycles. The zero-order chi connectivity index (χ0) is 12.0. The Morgan fingerprint density at radius 2 is 2.25 bits per heavy atom. The molecule has 0 aromatic heterocycles. The molecule has 16 heavy (non-hydrogen) atoms. The first-order valence-corrected chi connectivity index (χ1v) is 6.45. The third kappa shape index (κ3) is 3.98. The third-order valence-electron chi connectivity index (χ3n) is 2.04. The Morgan fingerprint density at radius 1 is 1.50 bits per heavy atom. The van der Waals surface area contributed by atoms with Gasteiger partial charge in [0, 0.05) is 46.7 Å². The van der Waals surface area contributed by atoms with Crippen LogP contribution < -0.4 is 5.32 Å². The van der Waals surface area contributed by atoms with E-state index >= 15 is 0 Å². The fourth-order valence-corrected chi connectivity index (χ4v) is 1.80. The number of benzene rings is 1. The van der Waals surface area contributed by atoms with E-state index in [1.165, 1.54) is 12.1 Å². The number of nitrogens with zero attached hydrogens (tertiary/aromatic N) is 1. The van der Waals surface area contributed by atoms with Gasteiger partial charge < -0.3 is 5.32 Å². The molecule has 0 bridgehead atoms. The molecule has 0 heterocycles. The maximum Gasteiger partial charge on any atom is 0.271 e. The van der Waals surface area contributed by atoms with Gasteiger partial charge in [-0.2, -0.15) is 0 Å². The SMILES string of the molecule is CCS(=O)CCNc1cccc([N+](=O)[O-])c1. The quantitative estimate of drug-likeness (QED) is 0.609. The molecule has 1 atom stereocenters. The summed E-state index contributed by atoms with van der Waals surface area (Å²) in [6, 6.07) is 6.28. The number of nitro benzene ring substituents is 1. The average Bonchev–Trinajstić information content (AvgIpc) is 2.29. The van der Waals surface area contributed by atoms with E-state index < -0.39 is 15.7 Å². The first-order chi connectivity index (χ1) is 7.63. The zero-order valence-corrected chi connectivity index (χ0v) is 9.83. The predicted molar refractivity (Wildman–Crippen MR) is 65.1 cm³/mol. The molecule has 1 rings (SSSR count). The first-order valence-electron chi connectivity index (χ1n) is 4.96. The summed E-state index contributed by atoms with van der Waals surface area (Å²) < 4.78 is 11.1. The summed E-state index contributed by atoms with van der Waals surface area (Å²) in [6.45, 7) is 2.42. The summed E-state index contributed by atoms with van der Waals surface area (Å²) in [5, 5.41) is 13.5. The molecular formula is C10H14N2O3S. The molecular weight excluding hydrogens is 228 g/mol. The molecule has 0 radical (unpaired) electrons.